The Balaban J connectivity index is 2.60. The molecule has 0 saturated heterocycles. The van der Waals surface area contributed by atoms with Crippen molar-refractivity contribution in [2.75, 3.05) is 7.11 Å². The summed E-state index contributed by atoms with van der Waals surface area (Å²) in [5.41, 5.74) is -1.20. The van der Waals surface area contributed by atoms with Gasteiger partial charge < -0.3 is 9.84 Å². The molecule has 0 aromatic heterocycles. The van der Waals surface area contributed by atoms with Gasteiger partial charge in [0.2, 0.25) is 0 Å². The molecule has 2 rings (SSSR count). The van der Waals surface area contributed by atoms with Crippen LogP contribution in [0.5, 0.6) is 5.75 Å². The third-order valence-electron chi connectivity index (χ3n) is 3.88. The number of hydrogen-bond acceptors (Lipinski definition) is 2. The third-order valence-corrected chi connectivity index (χ3v) is 3.88. The van der Waals surface area contributed by atoms with Gasteiger partial charge in [0.25, 0.3) is 6.43 Å². The zero-order chi connectivity index (χ0) is 14.0. The predicted octanol–water partition coefficient (Wildman–Crippen LogP) is 3.53. The molecule has 1 aliphatic carbocycles. The Labute approximate surface area is 110 Å². The third kappa shape index (κ3) is 2.29. The Morgan fingerprint density at radius 3 is 2.47 bits per heavy atom. The lowest BCUT2D eigenvalue weighted by molar-refractivity contribution is -0.143. The van der Waals surface area contributed by atoms with Crippen molar-refractivity contribution in [3.8, 4) is 5.75 Å². The molecule has 0 bridgehead atoms. The van der Waals surface area contributed by atoms with Gasteiger partial charge in [0, 0.05) is 5.56 Å². The van der Waals surface area contributed by atoms with Crippen LogP contribution < -0.4 is 4.74 Å². The average molecular weight is 270 g/mol. The summed E-state index contributed by atoms with van der Waals surface area (Å²) in [7, 11) is 1.43. The number of rotatable bonds is 4. The molecule has 1 saturated carbocycles. The van der Waals surface area contributed by atoms with Gasteiger partial charge in [-0.25, -0.2) is 8.78 Å². The Morgan fingerprint density at radius 2 is 2.00 bits per heavy atom. The number of carboxylic acid groups (broad SMARTS) is 1. The van der Waals surface area contributed by atoms with Gasteiger partial charge in [-0.1, -0.05) is 12.8 Å². The highest BCUT2D eigenvalue weighted by molar-refractivity contribution is 5.82. The van der Waals surface area contributed by atoms with Crippen molar-refractivity contribution < 1.29 is 23.4 Å². The minimum absolute atomic E-state index is 0.201. The van der Waals surface area contributed by atoms with Crippen molar-refractivity contribution in [3.05, 3.63) is 29.3 Å². The molecule has 19 heavy (non-hydrogen) atoms. The molecule has 3 nitrogen and oxygen atoms in total. The molecule has 104 valence electrons. The van der Waals surface area contributed by atoms with Gasteiger partial charge in [0.05, 0.1) is 12.5 Å². The van der Waals surface area contributed by atoms with Crippen molar-refractivity contribution in [2.24, 2.45) is 0 Å². The van der Waals surface area contributed by atoms with Gasteiger partial charge in [0.15, 0.2) is 0 Å². The van der Waals surface area contributed by atoms with Gasteiger partial charge in [-0.05, 0) is 36.6 Å². The highest BCUT2D eigenvalue weighted by Gasteiger charge is 2.45. The number of alkyl halides is 2. The first-order valence-electron chi connectivity index (χ1n) is 6.21. The summed E-state index contributed by atoms with van der Waals surface area (Å²) in [6.45, 7) is 0. The van der Waals surface area contributed by atoms with Crippen LogP contribution in [0, 0.1) is 0 Å². The molecule has 1 fully saturated rings. The summed E-state index contributed by atoms with van der Waals surface area (Å²) in [5.74, 6) is -0.618. The predicted molar refractivity (Wildman–Crippen MR) is 65.7 cm³/mol. The second-order valence-electron chi connectivity index (χ2n) is 4.85. The molecule has 5 heteroatoms. The standard InChI is InChI=1S/C14H16F2O3/c1-19-9-4-5-10(12(15)16)11(8-9)14(13(17)18)6-2-3-7-14/h4-5,8,12H,2-3,6-7H2,1H3,(H,17,18). The zero-order valence-electron chi connectivity index (χ0n) is 10.7. The quantitative estimate of drug-likeness (QED) is 0.910. The van der Waals surface area contributed by atoms with E-state index in [0.29, 0.717) is 18.6 Å². The van der Waals surface area contributed by atoms with E-state index in [0.717, 1.165) is 12.8 Å². The monoisotopic (exact) mass is 270 g/mol. The highest BCUT2D eigenvalue weighted by Crippen LogP contribution is 2.45. The van der Waals surface area contributed by atoms with Crippen molar-refractivity contribution in [3.63, 3.8) is 0 Å². The summed E-state index contributed by atoms with van der Waals surface area (Å²) in [5, 5.41) is 9.50. The van der Waals surface area contributed by atoms with Crippen molar-refractivity contribution in [1.29, 1.82) is 0 Å². The molecule has 0 aliphatic heterocycles. The first kappa shape index (κ1) is 13.8. The smallest absolute Gasteiger partial charge is 0.314 e. The van der Waals surface area contributed by atoms with Crippen LogP contribution in [-0.4, -0.2) is 18.2 Å². The topological polar surface area (TPSA) is 46.5 Å². The Kier molecular flexibility index (Phi) is 3.73. The van der Waals surface area contributed by atoms with E-state index >= 15 is 0 Å². The molecule has 0 amide bonds. The number of ether oxygens (including phenoxy) is 1. The minimum atomic E-state index is -2.68. The molecule has 0 spiro atoms. The van der Waals surface area contributed by atoms with Crippen LogP contribution in [0.2, 0.25) is 0 Å². The number of benzene rings is 1. The normalized spacial score (nSPS) is 17.7. The largest absolute Gasteiger partial charge is 0.497 e. The van der Waals surface area contributed by atoms with E-state index in [1.807, 2.05) is 0 Å². The maximum atomic E-state index is 13.1. The van der Waals surface area contributed by atoms with E-state index in [-0.39, 0.29) is 11.1 Å². The van der Waals surface area contributed by atoms with Crippen LogP contribution >= 0.6 is 0 Å². The summed E-state index contributed by atoms with van der Waals surface area (Å²) in [6, 6.07) is 4.15. The molecule has 1 aromatic carbocycles. The van der Waals surface area contributed by atoms with Gasteiger partial charge >= 0.3 is 5.97 Å². The fourth-order valence-corrected chi connectivity index (χ4v) is 2.84. The Morgan fingerprint density at radius 1 is 1.37 bits per heavy atom. The van der Waals surface area contributed by atoms with Crippen molar-refractivity contribution in [1.82, 2.24) is 0 Å². The van der Waals surface area contributed by atoms with E-state index in [4.69, 9.17) is 4.74 Å². The fraction of sp³-hybridized carbons (Fsp3) is 0.500. The van der Waals surface area contributed by atoms with Gasteiger partial charge in [0.1, 0.15) is 5.75 Å². The van der Waals surface area contributed by atoms with Crippen LogP contribution in [0.25, 0.3) is 0 Å². The van der Waals surface area contributed by atoms with E-state index in [2.05, 4.69) is 0 Å². The lowest BCUT2D eigenvalue weighted by Gasteiger charge is -2.27. The molecule has 1 N–H and O–H groups in total. The second-order valence-corrected chi connectivity index (χ2v) is 4.85. The molecule has 0 radical (unpaired) electrons. The van der Waals surface area contributed by atoms with Crippen LogP contribution in [-0.2, 0) is 10.2 Å². The zero-order valence-corrected chi connectivity index (χ0v) is 10.7. The number of hydrogen-bond donors (Lipinski definition) is 1. The van der Waals surface area contributed by atoms with Crippen molar-refractivity contribution >= 4 is 5.97 Å². The first-order chi connectivity index (χ1) is 9.01. The number of aliphatic carboxylic acids is 1. The van der Waals surface area contributed by atoms with E-state index in [1.165, 1.54) is 25.3 Å². The molecule has 0 heterocycles. The van der Waals surface area contributed by atoms with Crippen molar-refractivity contribution in [2.45, 2.75) is 37.5 Å². The first-order valence-corrected chi connectivity index (χ1v) is 6.21. The molecular formula is C14H16F2O3. The number of carbonyl (C=O) groups is 1. The minimum Gasteiger partial charge on any atom is -0.497 e. The number of methoxy groups -OCH3 is 1. The van der Waals surface area contributed by atoms with Crippen LogP contribution in [0.3, 0.4) is 0 Å². The van der Waals surface area contributed by atoms with E-state index < -0.39 is 17.8 Å². The Hall–Kier alpha value is -1.65. The van der Waals surface area contributed by atoms with Gasteiger partial charge in [-0.15, -0.1) is 0 Å². The second kappa shape index (κ2) is 5.15. The van der Waals surface area contributed by atoms with E-state index in [1.54, 1.807) is 0 Å². The SMILES string of the molecule is COc1ccc(C(F)F)c(C2(C(=O)O)CCCC2)c1. The van der Waals surface area contributed by atoms with Gasteiger partial charge in [-0.2, -0.15) is 0 Å². The lowest BCUT2D eigenvalue weighted by Crippen LogP contribution is -2.33. The molecule has 0 unspecified atom stereocenters. The Bertz CT molecular complexity index is 480. The van der Waals surface area contributed by atoms with Gasteiger partial charge in [-0.3, -0.25) is 4.79 Å². The molecular weight excluding hydrogens is 254 g/mol. The molecule has 0 atom stereocenters. The number of halogens is 2. The summed E-state index contributed by atoms with van der Waals surface area (Å²) in [4.78, 5) is 11.6. The summed E-state index contributed by atoms with van der Waals surface area (Å²) >= 11 is 0. The summed E-state index contributed by atoms with van der Waals surface area (Å²) in [6.07, 6.45) is -0.402. The van der Waals surface area contributed by atoms with Crippen LogP contribution in [0.15, 0.2) is 18.2 Å². The molecule has 1 aliphatic rings. The lowest BCUT2D eigenvalue weighted by atomic mass is 9.76. The molecule has 1 aromatic rings. The van der Waals surface area contributed by atoms with E-state index in [9.17, 15) is 18.7 Å². The maximum Gasteiger partial charge on any atom is 0.314 e. The summed E-state index contributed by atoms with van der Waals surface area (Å²) < 4.78 is 31.3. The number of carboxylic acids is 1. The maximum absolute atomic E-state index is 13.1. The fourth-order valence-electron chi connectivity index (χ4n) is 2.84. The van der Waals surface area contributed by atoms with Crippen LogP contribution in [0.4, 0.5) is 8.78 Å². The van der Waals surface area contributed by atoms with Crippen LogP contribution in [0.1, 0.15) is 43.2 Å². The average Bonchev–Trinajstić information content (AvgIpc) is 2.88. The highest BCUT2D eigenvalue weighted by atomic mass is 19.3.